The summed E-state index contributed by atoms with van der Waals surface area (Å²) in [4.78, 5) is 9.11. The fourth-order valence-electron chi connectivity index (χ4n) is 3.27. The van der Waals surface area contributed by atoms with Crippen molar-refractivity contribution in [1.82, 2.24) is 24.7 Å². The fourth-order valence-corrected chi connectivity index (χ4v) is 3.27. The monoisotopic (exact) mass is 420 g/mol. The second-order valence-electron chi connectivity index (χ2n) is 6.77. The van der Waals surface area contributed by atoms with Crippen LogP contribution in [0.1, 0.15) is 11.1 Å². The van der Waals surface area contributed by atoms with Crippen molar-refractivity contribution in [2.75, 3.05) is 19.5 Å². The lowest BCUT2D eigenvalue weighted by molar-refractivity contribution is 0.186. The number of ether oxygens (including phenoxy) is 2. The molecule has 4 rings (SSSR count). The smallest absolute Gasteiger partial charge is 0.468 e. The Morgan fingerprint density at radius 1 is 1.10 bits per heavy atom. The average Bonchev–Trinajstić information content (AvgIpc) is 3.18. The Morgan fingerprint density at radius 3 is 2.71 bits per heavy atom. The van der Waals surface area contributed by atoms with Crippen LogP contribution in [0.4, 0.5) is 5.82 Å². The average molecular weight is 420 g/mol. The van der Waals surface area contributed by atoms with Crippen molar-refractivity contribution in [2.24, 2.45) is 0 Å². The number of hydrogen-bond donors (Lipinski definition) is 3. The fraction of sp³-hybridized carbons (Fsp3) is 0.200. The number of methoxy groups -OCH3 is 2. The minimum atomic E-state index is -1.52. The molecule has 0 aliphatic heterocycles. The van der Waals surface area contributed by atoms with E-state index in [-0.39, 0.29) is 0 Å². The van der Waals surface area contributed by atoms with Gasteiger partial charge >= 0.3 is 13.1 Å². The van der Waals surface area contributed by atoms with E-state index in [1.807, 2.05) is 24.3 Å². The Labute approximate surface area is 178 Å². The zero-order valence-corrected chi connectivity index (χ0v) is 17.1. The van der Waals surface area contributed by atoms with Crippen LogP contribution < -0.4 is 15.5 Å². The molecule has 0 aliphatic carbocycles. The quantitative estimate of drug-likeness (QED) is 0.352. The summed E-state index contributed by atoms with van der Waals surface area (Å²) in [7, 11) is 1.65. The molecule has 4 aromatic rings. The van der Waals surface area contributed by atoms with Crippen molar-refractivity contribution in [2.45, 2.75) is 13.2 Å². The molecule has 0 amide bonds. The predicted molar refractivity (Wildman–Crippen MR) is 115 cm³/mol. The molecular weight excluding hydrogens is 399 g/mol. The number of anilines is 1. The number of para-hydroxylation sites is 1. The molecule has 3 N–H and O–H groups in total. The van der Waals surface area contributed by atoms with Crippen LogP contribution in [0.3, 0.4) is 0 Å². The van der Waals surface area contributed by atoms with Crippen LogP contribution in [-0.2, 0) is 17.9 Å². The largest absolute Gasteiger partial charge is 0.488 e. The first-order chi connectivity index (χ1) is 15.1. The van der Waals surface area contributed by atoms with E-state index in [4.69, 9.17) is 9.47 Å². The van der Waals surface area contributed by atoms with Gasteiger partial charge in [0.05, 0.1) is 30.9 Å². The lowest BCUT2D eigenvalue weighted by atomic mass is 9.80. The Kier molecular flexibility index (Phi) is 6.07. The number of rotatable bonds is 8. The van der Waals surface area contributed by atoms with Gasteiger partial charge in [0, 0.05) is 19.2 Å². The van der Waals surface area contributed by atoms with Gasteiger partial charge in [0.15, 0.2) is 5.82 Å². The molecule has 0 unspecified atom stereocenters. The summed E-state index contributed by atoms with van der Waals surface area (Å²) in [6.07, 6.45) is 1.51. The summed E-state index contributed by atoms with van der Waals surface area (Å²) in [5.74, 6) is 0.801. The molecule has 2 heterocycles. The summed E-state index contributed by atoms with van der Waals surface area (Å²) in [6, 6.07) is 13.1. The number of nitrogens with zero attached hydrogens (tertiary/aromatic N) is 5. The molecule has 0 fully saturated rings. The van der Waals surface area contributed by atoms with Gasteiger partial charge in [-0.05, 0) is 17.1 Å². The van der Waals surface area contributed by atoms with E-state index < -0.39 is 7.12 Å². The number of hydrogen-bond acceptors (Lipinski definition) is 9. The molecule has 0 atom stereocenters. The van der Waals surface area contributed by atoms with Gasteiger partial charge in [-0.3, -0.25) is 0 Å². The summed E-state index contributed by atoms with van der Waals surface area (Å²) in [6.45, 7) is 0.832. The summed E-state index contributed by atoms with van der Waals surface area (Å²) < 4.78 is 12.4. The van der Waals surface area contributed by atoms with E-state index in [0.29, 0.717) is 36.4 Å². The lowest BCUT2D eigenvalue weighted by Crippen LogP contribution is -2.30. The Balaban J connectivity index is 1.65. The highest BCUT2D eigenvalue weighted by Gasteiger charge is 2.18. The van der Waals surface area contributed by atoms with E-state index in [9.17, 15) is 10.0 Å². The first kappa shape index (κ1) is 20.7. The molecule has 10 nitrogen and oxygen atoms in total. The number of nitrogens with one attached hydrogen (secondary N) is 1. The molecule has 2 aromatic carbocycles. The SMILES string of the molecule is COCc1cccc2c1nc(OC)n2-c1nncc(NCc2cccc(B(O)O)c2)n1. The highest BCUT2D eigenvalue weighted by molar-refractivity contribution is 6.58. The second-order valence-corrected chi connectivity index (χ2v) is 6.77. The van der Waals surface area contributed by atoms with E-state index in [1.165, 1.54) is 13.3 Å². The number of imidazole rings is 1. The Hall–Kier alpha value is -3.54. The summed E-state index contributed by atoms with van der Waals surface area (Å²) >= 11 is 0. The van der Waals surface area contributed by atoms with Crippen LogP contribution in [0.5, 0.6) is 6.01 Å². The van der Waals surface area contributed by atoms with E-state index in [2.05, 4.69) is 25.5 Å². The maximum absolute atomic E-state index is 9.34. The molecule has 2 aromatic heterocycles. The van der Waals surface area contributed by atoms with Crippen LogP contribution in [0.15, 0.2) is 48.7 Å². The summed E-state index contributed by atoms with van der Waals surface area (Å²) in [5.41, 5.74) is 3.71. The van der Waals surface area contributed by atoms with Crippen molar-refractivity contribution in [1.29, 1.82) is 0 Å². The molecule has 0 radical (unpaired) electrons. The van der Waals surface area contributed by atoms with Crippen molar-refractivity contribution in [3.05, 3.63) is 59.8 Å². The molecular formula is C20H21BN6O4. The maximum atomic E-state index is 9.34. The third kappa shape index (κ3) is 4.33. The van der Waals surface area contributed by atoms with Gasteiger partial charge in [-0.2, -0.15) is 15.1 Å². The molecule has 0 spiro atoms. The number of fused-ring (bicyclic) bond motifs is 1. The third-order valence-electron chi connectivity index (χ3n) is 4.69. The van der Waals surface area contributed by atoms with Crippen molar-refractivity contribution in [3.8, 4) is 12.0 Å². The van der Waals surface area contributed by atoms with Gasteiger partial charge in [-0.1, -0.05) is 36.4 Å². The Bertz CT molecular complexity index is 1200. The molecule has 0 saturated heterocycles. The first-order valence-corrected chi connectivity index (χ1v) is 9.53. The van der Waals surface area contributed by atoms with Crippen LogP contribution in [0.25, 0.3) is 17.0 Å². The highest BCUT2D eigenvalue weighted by atomic mass is 16.5. The van der Waals surface area contributed by atoms with Crippen LogP contribution in [-0.4, -0.2) is 56.1 Å². The van der Waals surface area contributed by atoms with Crippen LogP contribution >= 0.6 is 0 Å². The van der Waals surface area contributed by atoms with Crippen LogP contribution in [0, 0.1) is 0 Å². The highest BCUT2D eigenvalue weighted by Crippen LogP contribution is 2.27. The predicted octanol–water partition coefficient (Wildman–Crippen LogP) is 0.657. The number of aromatic nitrogens is 5. The van der Waals surface area contributed by atoms with E-state index in [1.54, 1.807) is 29.9 Å². The minimum Gasteiger partial charge on any atom is -0.468 e. The van der Waals surface area contributed by atoms with Crippen molar-refractivity contribution >= 4 is 29.4 Å². The van der Waals surface area contributed by atoms with Crippen molar-refractivity contribution in [3.63, 3.8) is 0 Å². The van der Waals surface area contributed by atoms with Gasteiger partial charge in [-0.15, -0.1) is 5.10 Å². The molecule has 0 aliphatic rings. The van der Waals surface area contributed by atoms with Gasteiger partial charge in [0.25, 0.3) is 5.95 Å². The minimum absolute atomic E-state index is 0.304. The molecule has 11 heteroatoms. The number of benzene rings is 2. The maximum Gasteiger partial charge on any atom is 0.488 e. The van der Waals surface area contributed by atoms with E-state index >= 15 is 0 Å². The van der Waals surface area contributed by atoms with Gasteiger partial charge < -0.3 is 24.8 Å². The molecule has 31 heavy (non-hydrogen) atoms. The molecule has 0 bridgehead atoms. The zero-order valence-electron chi connectivity index (χ0n) is 17.1. The van der Waals surface area contributed by atoms with Gasteiger partial charge in [0.2, 0.25) is 0 Å². The third-order valence-corrected chi connectivity index (χ3v) is 4.69. The molecule has 158 valence electrons. The second kappa shape index (κ2) is 9.08. The van der Waals surface area contributed by atoms with Crippen molar-refractivity contribution < 1.29 is 19.5 Å². The zero-order chi connectivity index (χ0) is 21.8. The normalized spacial score (nSPS) is 11.0. The summed E-state index contributed by atoms with van der Waals surface area (Å²) in [5, 5.41) is 30.1. The lowest BCUT2D eigenvalue weighted by Gasteiger charge is -2.09. The Morgan fingerprint density at radius 2 is 1.94 bits per heavy atom. The molecule has 0 saturated carbocycles. The van der Waals surface area contributed by atoms with Gasteiger partial charge in [0.1, 0.15) is 0 Å². The van der Waals surface area contributed by atoms with Crippen LogP contribution in [0.2, 0.25) is 0 Å². The first-order valence-electron chi connectivity index (χ1n) is 9.53. The van der Waals surface area contributed by atoms with Gasteiger partial charge in [-0.25, -0.2) is 4.57 Å². The van der Waals surface area contributed by atoms with E-state index in [0.717, 1.165) is 22.2 Å². The standard InChI is InChI=1S/C20H21BN6O4/c1-30-12-14-6-4-8-16-18(14)25-20(31-2)27(16)19-24-17(11-23-26-19)22-10-13-5-3-7-15(9-13)21(28)29/h3-9,11,28-29H,10,12H2,1-2H3,(H,22,24,26). The topological polar surface area (TPSA) is 127 Å².